The molecule has 4 rings (SSSR count). The van der Waals surface area contributed by atoms with Crippen LogP contribution in [-0.4, -0.2) is 25.0 Å². The summed E-state index contributed by atoms with van der Waals surface area (Å²) in [7, 11) is 0. The molecule has 0 saturated carbocycles. The van der Waals surface area contributed by atoms with Gasteiger partial charge in [-0.2, -0.15) is 0 Å². The van der Waals surface area contributed by atoms with Crippen LogP contribution >= 0.6 is 0 Å². The molecule has 0 N–H and O–H groups in total. The number of allylic oxidation sites excluding steroid dienone is 1. The smallest absolute Gasteiger partial charge is 0.550 e. The van der Waals surface area contributed by atoms with Crippen LogP contribution in [0.5, 0.6) is 5.75 Å². The summed E-state index contributed by atoms with van der Waals surface area (Å²) in [6.07, 6.45) is 4.71. The second-order valence-electron chi connectivity index (χ2n) is 8.12. The van der Waals surface area contributed by atoms with Crippen molar-refractivity contribution in [3.8, 4) is 17.6 Å². The van der Waals surface area contributed by atoms with Gasteiger partial charge >= 0.3 is 29.6 Å². The Kier molecular flexibility index (Phi) is 9.19. The molecular formula is C27H27NaO5. The number of hydrogen-bond donors (Lipinski definition) is 0. The molecule has 1 aliphatic heterocycles. The maximum Gasteiger partial charge on any atom is 1.00 e. The first-order chi connectivity index (χ1) is 15.6. The molecule has 5 nitrogen and oxygen atoms in total. The van der Waals surface area contributed by atoms with Crippen molar-refractivity contribution in [1.29, 1.82) is 0 Å². The van der Waals surface area contributed by atoms with E-state index in [1.165, 1.54) is 11.1 Å². The van der Waals surface area contributed by atoms with Crippen molar-refractivity contribution in [2.45, 2.75) is 50.9 Å². The summed E-state index contributed by atoms with van der Waals surface area (Å²) in [4.78, 5) is 11.0. The van der Waals surface area contributed by atoms with E-state index in [9.17, 15) is 9.90 Å². The number of hydrogen-bond acceptors (Lipinski definition) is 5. The van der Waals surface area contributed by atoms with Crippen LogP contribution in [0, 0.1) is 11.8 Å². The average Bonchev–Trinajstić information content (AvgIpc) is 3.26. The number of carbonyl (C=O) groups is 1. The maximum absolute atomic E-state index is 11.0. The Bertz CT molecular complexity index is 1040. The van der Waals surface area contributed by atoms with Gasteiger partial charge in [-0.15, -0.1) is 5.92 Å². The Labute approximate surface area is 217 Å². The van der Waals surface area contributed by atoms with E-state index >= 15 is 0 Å². The second kappa shape index (κ2) is 11.9. The minimum atomic E-state index is -1.11. The molecule has 1 atom stereocenters. The van der Waals surface area contributed by atoms with Crippen LogP contribution in [0.3, 0.4) is 0 Å². The molecule has 1 saturated heterocycles. The quantitative estimate of drug-likeness (QED) is 0.458. The van der Waals surface area contributed by atoms with Gasteiger partial charge in [-0.25, -0.2) is 0 Å². The molecule has 33 heavy (non-hydrogen) atoms. The monoisotopic (exact) mass is 454 g/mol. The van der Waals surface area contributed by atoms with Crippen molar-refractivity contribution >= 4 is 11.5 Å². The van der Waals surface area contributed by atoms with Crippen molar-refractivity contribution < 1.29 is 53.7 Å². The van der Waals surface area contributed by atoms with Crippen LogP contribution in [0.15, 0.2) is 54.6 Å². The predicted octanol–water partition coefficient (Wildman–Crippen LogP) is 0.827. The van der Waals surface area contributed by atoms with Crippen LogP contribution in [0.25, 0.3) is 5.57 Å². The Balaban J connectivity index is 0.00000306. The first-order valence-electron chi connectivity index (χ1n) is 11.0. The summed E-state index contributed by atoms with van der Waals surface area (Å²) >= 11 is 0. The third-order valence-electron chi connectivity index (χ3n) is 5.92. The van der Waals surface area contributed by atoms with E-state index in [1.54, 1.807) is 6.92 Å². The van der Waals surface area contributed by atoms with Crippen LogP contribution in [-0.2, 0) is 20.9 Å². The van der Waals surface area contributed by atoms with Gasteiger partial charge in [0.15, 0.2) is 5.79 Å². The Morgan fingerprint density at radius 2 is 1.94 bits per heavy atom. The van der Waals surface area contributed by atoms with Gasteiger partial charge in [-0.3, -0.25) is 0 Å². The number of aliphatic carboxylic acids is 1. The standard InChI is InChI=1S/C27H28O5.Na/c1-2-4-23(18-26(28)29)21-7-9-25(10-8-21)30-19-20-5-3-6-24(17-20)22-11-13-27(14-12-22)31-15-16-32-27;/h3,5-11,17,23H,12-16,18-19H2,1H3,(H,28,29);/q;+1/p-1/t23-;/m0./s1. The maximum atomic E-state index is 11.0. The summed E-state index contributed by atoms with van der Waals surface area (Å²) < 4.78 is 17.6. The number of ether oxygens (including phenoxy) is 3. The molecule has 2 aromatic rings. The van der Waals surface area contributed by atoms with Gasteiger partial charge in [0, 0.05) is 25.2 Å². The van der Waals surface area contributed by atoms with E-state index in [-0.39, 0.29) is 41.9 Å². The number of carboxylic acids is 1. The van der Waals surface area contributed by atoms with Gasteiger partial charge in [-0.1, -0.05) is 42.3 Å². The minimum absolute atomic E-state index is 0. The molecule has 166 valence electrons. The van der Waals surface area contributed by atoms with Crippen LogP contribution < -0.4 is 39.4 Å². The van der Waals surface area contributed by atoms with E-state index in [2.05, 4.69) is 42.2 Å². The van der Waals surface area contributed by atoms with Crippen LogP contribution in [0.1, 0.15) is 55.2 Å². The first kappa shape index (κ1) is 25.6. The van der Waals surface area contributed by atoms with Gasteiger partial charge < -0.3 is 24.1 Å². The summed E-state index contributed by atoms with van der Waals surface area (Å²) in [5.41, 5.74) is 4.46. The number of carboxylic acid groups (broad SMARTS) is 1. The zero-order chi connectivity index (χ0) is 22.4. The first-order valence-corrected chi connectivity index (χ1v) is 11.0. The number of benzene rings is 2. The van der Waals surface area contributed by atoms with Crippen molar-refractivity contribution in [3.63, 3.8) is 0 Å². The average molecular weight is 454 g/mol. The summed E-state index contributed by atoms with van der Waals surface area (Å²) in [6, 6.07) is 15.8. The zero-order valence-electron chi connectivity index (χ0n) is 19.3. The fourth-order valence-electron chi connectivity index (χ4n) is 4.25. The van der Waals surface area contributed by atoms with Crippen molar-refractivity contribution in [2.75, 3.05) is 13.2 Å². The summed E-state index contributed by atoms with van der Waals surface area (Å²) in [5, 5.41) is 11.0. The van der Waals surface area contributed by atoms with Crippen molar-refractivity contribution in [1.82, 2.24) is 0 Å². The molecule has 2 aromatic carbocycles. The number of rotatable bonds is 7. The number of carbonyl (C=O) groups excluding carboxylic acids is 1. The van der Waals surface area contributed by atoms with Crippen LogP contribution in [0.4, 0.5) is 0 Å². The SMILES string of the molecule is CC#C[C@@H](CC(=O)[O-])c1ccc(OCc2cccc(C3=CCC4(CC3)OCCO4)c2)cc1.[Na+]. The molecule has 0 aromatic heterocycles. The van der Waals surface area contributed by atoms with E-state index in [1.807, 2.05) is 24.3 Å². The summed E-state index contributed by atoms with van der Waals surface area (Å²) in [5.74, 6) is 4.56. The molecule has 0 unspecified atom stereocenters. The zero-order valence-corrected chi connectivity index (χ0v) is 21.3. The Hall–Kier alpha value is -2.07. The van der Waals surface area contributed by atoms with Gasteiger partial charge in [0.25, 0.3) is 0 Å². The molecule has 1 heterocycles. The van der Waals surface area contributed by atoms with Gasteiger partial charge in [-0.05, 0) is 53.8 Å². The fraction of sp³-hybridized carbons (Fsp3) is 0.370. The molecule has 0 radical (unpaired) electrons. The van der Waals surface area contributed by atoms with Crippen molar-refractivity contribution in [3.05, 3.63) is 71.3 Å². The van der Waals surface area contributed by atoms with Crippen LogP contribution in [0.2, 0.25) is 0 Å². The second-order valence-corrected chi connectivity index (χ2v) is 8.12. The molecular weight excluding hydrogens is 427 g/mol. The van der Waals surface area contributed by atoms with E-state index in [4.69, 9.17) is 14.2 Å². The molecule has 6 heteroatoms. The van der Waals surface area contributed by atoms with Gasteiger partial charge in [0.05, 0.1) is 19.1 Å². The van der Waals surface area contributed by atoms with E-state index < -0.39 is 11.8 Å². The Morgan fingerprint density at radius 1 is 1.18 bits per heavy atom. The molecule has 2 aliphatic rings. The normalized spacial score (nSPS) is 17.3. The van der Waals surface area contributed by atoms with Gasteiger partial charge in [0.1, 0.15) is 12.4 Å². The molecule has 1 spiro atoms. The topological polar surface area (TPSA) is 67.8 Å². The van der Waals surface area contributed by atoms with E-state index in [0.29, 0.717) is 19.8 Å². The Morgan fingerprint density at radius 3 is 2.58 bits per heavy atom. The molecule has 1 aliphatic carbocycles. The third-order valence-corrected chi connectivity index (χ3v) is 5.92. The molecule has 0 bridgehead atoms. The largest absolute Gasteiger partial charge is 1.00 e. The molecule has 0 amide bonds. The van der Waals surface area contributed by atoms with Gasteiger partial charge in [0.2, 0.25) is 0 Å². The van der Waals surface area contributed by atoms with Crippen molar-refractivity contribution in [2.24, 2.45) is 0 Å². The van der Waals surface area contributed by atoms with E-state index in [0.717, 1.165) is 36.1 Å². The third kappa shape index (κ3) is 6.72. The fourth-order valence-corrected chi connectivity index (χ4v) is 4.25. The summed E-state index contributed by atoms with van der Waals surface area (Å²) in [6.45, 7) is 3.51. The predicted molar refractivity (Wildman–Crippen MR) is 119 cm³/mol. The molecule has 1 fully saturated rings. The minimum Gasteiger partial charge on any atom is -0.550 e.